The fourth-order valence-corrected chi connectivity index (χ4v) is 1.15. The first-order valence-electron chi connectivity index (χ1n) is 4.92. The summed E-state index contributed by atoms with van der Waals surface area (Å²) in [6.07, 6.45) is 2.66. The average molecular weight is 210 g/mol. The monoisotopic (exact) mass is 210 g/mol. The SMILES string of the molecule is CN(C)CCCOc1ccnc(NN)c1. The van der Waals surface area contributed by atoms with Gasteiger partial charge >= 0.3 is 0 Å². The minimum atomic E-state index is 0.611. The number of hydrogen-bond acceptors (Lipinski definition) is 5. The van der Waals surface area contributed by atoms with Gasteiger partial charge in [-0.3, -0.25) is 0 Å². The number of rotatable bonds is 6. The first-order chi connectivity index (χ1) is 7.22. The number of hydrogen-bond donors (Lipinski definition) is 2. The Morgan fingerprint density at radius 1 is 1.53 bits per heavy atom. The summed E-state index contributed by atoms with van der Waals surface area (Å²) in [5.41, 5.74) is 2.48. The summed E-state index contributed by atoms with van der Waals surface area (Å²) in [7, 11) is 4.09. The van der Waals surface area contributed by atoms with Gasteiger partial charge in [0.05, 0.1) is 6.61 Å². The van der Waals surface area contributed by atoms with Crippen LogP contribution in [-0.2, 0) is 0 Å². The van der Waals surface area contributed by atoms with Gasteiger partial charge in [0.15, 0.2) is 0 Å². The van der Waals surface area contributed by atoms with Gasteiger partial charge in [0, 0.05) is 18.8 Å². The molecule has 0 spiro atoms. The van der Waals surface area contributed by atoms with Crippen molar-refractivity contribution in [2.45, 2.75) is 6.42 Å². The molecule has 0 bridgehead atoms. The summed E-state index contributed by atoms with van der Waals surface area (Å²) in [6, 6.07) is 3.59. The molecule has 0 unspecified atom stereocenters. The van der Waals surface area contributed by atoms with Crippen LogP contribution in [-0.4, -0.2) is 37.1 Å². The lowest BCUT2D eigenvalue weighted by Crippen LogP contribution is -2.15. The highest BCUT2D eigenvalue weighted by Gasteiger charge is 1.96. The number of anilines is 1. The highest BCUT2D eigenvalue weighted by Crippen LogP contribution is 2.13. The van der Waals surface area contributed by atoms with Gasteiger partial charge in [0.2, 0.25) is 0 Å². The molecule has 1 aromatic heterocycles. The summed E-state index contributed by atoms with van der Waals surface area (Å²) in [4.78, 5) is 6.12. The summed E-state index contributed by atoms with van der Waals surface area (Å²) in [5, 5.41) is 0. The Morgan fingerprint density at radius 3 is 3.00 bits per heavy atom. The second-order valence-corrected chi connectivity index (χ2v) is 3.53. The van der Waals surface area contributed by atoms with Gasteiger partial charge < -0.3 is 15.1 Å². The first kappa shape index (κ1) is 11.7. The second kappa shape index (κ2) is 6.21. The van der Waals surface area contributed by atoms with Gasteiger partial charge in [0.1, 0.15) is 11.6 Å². The van der Waals surface area contributed by atoms with E-state index < -0.39 is 0 Å². The van der Waals surface area contributed by atoms with Crippen LogP contribution in [0.25, 0.3) is 0 Å². The minimum Gasteiger partial charge on any atom is -0.493 e. The van der Waals surface area contributed by atoms with Gasteiger partial charge in [-0.25, -0.2) is 10.8 Å². The maximum Gasteiger partial charge on any atom is 0.143 e. The fraction of sp³-hybridized carbons (Fsp3) is 0.500. The molecule has 0 amide bonds. The van der Waals surface area contributed by atoms with Crippen molar-refractivity contribution >= 4 is 5.82 Å². The van der Waals surface area contributed by atoms with Crippen molar-refractivity contribution in [1.82, 2.24) is 9.88 Å². The Balaban J connectivity index is 2.30. The zero-order valence-electron chi connectivity index (χ0n) is 9.23. The zero-order valence-corrected chi connectivity index (χ0v) is 9.23. The van der Waals surface area contributed by atoms with Crippen molar-refractivity contribution in [3.8, 4) is 5.75 Å². The van der Waals surface area contributed by atoms with Crippen LogP contribution >= 0.6 is 0 Å². The van der Waals surface area contributed by atoms with Crippen LogP contribution in [0.3, 0.4) is 0 Å². The molecule has 0 aliphatic rings. The molecule has 15 heavy (non-hydrogen) atoms. The molecule has 1 aromatic rings. The van der Waals surface area contributed by atoms with Crippen molar-refractivity contribution in [3.05, 3.63) is 18.3 Å². The topological polar surface area (TPSA) is 63.4 Å². The lowest BCUT2D eigenvalue weighted by atomic mass is 10.4. The van der Waals surface area contributed by atoms with Crippen molar-refractivity contribution < 1.29 is 4.74 Å². The van der Waals surface area contributed by atoms with Gasteiger partial charge in [-0.15, -0.1) is 0 Å². The molecule has 0 saturated heterocycles. The molecule has 0 radical (unpaired) electrons. The molecule has 0 aromatic carbocycles. The van der Waals surface area contributed by atoms with E-state index in [1.165, 1.54) is 0 Å². The van der Waals surface area contributed by atoms with Gasteiger partial charge in [-0.1, -0.05) is 0 Å². The van der Waals surface area contributed by atoms with E-state index in [4.69, 9.17) is 10.6 Å². The van der Waals surface area contributed by atoms with Crippen molar-refractivity contribution in [3.63, 3.8) is 0 Å². The Morgan fingerprint density at radius 2 is 2.33 bits per heavy atom. The third-order valence-corrected chi connectivity index (χ3v) is 1.90. The molecule has 0 saturated carbocycles. The highest BCUT2D eigenvalue weighted by atomic mass is 16.5. The molecule has 84 valence electrons. The molecule has 5 heteroatoms. The number of nitrogens with one attached hydrogen (secondary N) is 1. The molecule has 0 aliphatic heterocycles. The molecule has 3 N–H and O–H groups in total. The van der Waals surface area contributed by atoms with E-state index in [1.807, 2.05) is 20.2 Å². The number of nitrogen functional groups attached to an aromatic ring is 1. The first-order valence-corrected chi connectivity index (χ1v) is 4.92. The predicted octanol–water partition coefficient (Wildman–Crippen LogP) is 0.698. The molecule has 0 fully saturated rings. The average Bonchev–Trinajstić information content (AvgIpc) is 2.24. The minimum absolute atomic E-state index is 0.611. The smallest absolute Gasteiger partial charge is 0.143 e. The number of ether oxygens (including phenoxy) is 1. The van der Waals surface area contributed by atoms with E-state index in [0.29, 0.717) is 12.4 Å². The molecule has 5 nitrogen and oxygen atoms in total. The Bertz CT molecular complexity index is 291. The number of aromatic nitrogens is 1. The summed E-state index contributed by atoms with van der Waals surface area (Å²) in [6.45, 7) is 1.72. The Hall–Kier alpha value is -1.33. The number of nitrogens with two attached hydrogens (primary N) is 1. The molecular weight excluding hydrogens is 192 g/mol. The molecular formula is C10H18N4O. The van der Waals surface area contributed by atoms with Crippen LogP contribution in [0.2, 0.25) is 0 Å². The Kier molecular flexibility index (Phi) is 4.86. The van der Waals surface area contributed by atoms with Crippen LogP contribution in [0, 0.1) is 0 Å². The van der Waals surface area contributed by atoms with Crippen LogP contribution in [0.15, 0.2) is 18.3 Å². The third-order valence-electron chi connectivity index (χ3n) is 1.90. The zero-order chi connectivity index (χ0) is 11.1. The largest absolute Gasteiger partial charge is 0.493 e. The van der Waals surface area contributed by atoms with E-state index in [1.54, 1.807) is 12.3 Å². The van der Waals surface area contributed by atoms with Crippen molar-refractivity contribution in [2.75, 3.05) is 32.7 Å². The Labute approximate surface area is 90.2 Å². The number of nitrogens with zero attached hydrogens (tertiary/aromatic N) is 2. The van der Waals surface area contributed by atoms with E-state index in [2.05, 4.69) is 15.3 Å². The highest BCUT2D eigenvalue weighted by molar-refractivity contribution is 5.39. The van der Waals surface area contributed by atoms with Crippen LogP contribution < -0.4 is 16.0 Å². The van der Waals surface area contributed by atoms with Gasteiger partial charge in [-0.2, -0.15) is 0 Å². The van der Waals surface area contributed by atoms with Crippen LogP contribution in [0.1, 0.15) is 6.42 Å². The van der Waals surface area contributed by atoms with E-state index in [9.17, 15) is 0 Å². The third kappa shape index (κ3) is 4.62. The van der Waals surface area contributed by atoms with Crippen LogP contribution in [0.5, 0.6) is 5.75 Å². The maximum absolute atomic E-state index is 5.54. The number of pyridine rings is 1. The maximum atomic E-state index is 5.54. The summed E-state index contributed by atoms with van der Waals surface area (Å²) in [5.74, 6) is 6.64. The number of hydrazine groups is 1. The second-order valence-electron chi connectivity index (χ2n) is 3.53. The fourth-order valence-electron chi connectivity index (χ4n) is 1.15. The normalized spacial score (nSPS) is 10.4. The van der Waals surface area contributed by atoms with E-state index >= 15 is 0 Å². The summed E-state index contributed by atoms with van der Waals surface area (Å²) < 4.78 is 5.54. The predicted molar refractivity (Wildman–Crippen MR) is 60.7 cm³/mol. The van der Waals surface area contributed by atoms with Crippen molar-refractivity contribution in [2.24, 2.45) is 5.84 Å². The molecule has 1 rings (SSSR count). The summed E-state index contributed by atoms with van der Waals surface area (Å²) >= 11 is 0. The quantitative estimate of drug-likeness (QED) is 0.411. The lowest BCUT2D eigenvalue weighted by Gasteiger charge is -2.10. The standard InChI is InChI=1S/C10H18N4O/c1-14(2)6-3-7-15-9-4-5-12-10(8-9)13-11/h4-5,8H,3,6-7,11H2,1-2H3,(H,12,13). The molecule has 1 heterocycles. The van der Waals surface area contributed by atoms with Gasteiger partial charge in [0.25, 0.3) is 0 Å². The van der Waals surface area contributed by atoms with Gasteiger partial charge in [-0.05, 0) is 26.6 Å². The molecule has 0 aliphatic carbocycles. The van der Waals surface area contributed by atoms with E-state index in [0.717, 1.165) is 18.7 Å². The molecule has 0 atom stereocenters. The van der Waals surface area contributed by atoms with E-state index in [-0.39, 0.29) is 0 Å². The van der Waals surface area contributed by atoms with Crippen LogP contribution in [0.4, 0.5) is 5.82 Å². The lowest BCUT2D eigenvalue weighted by molar-refractivity contribution is 0.281. The van der Waals surface area contributed by atoms with Crippen molar-refractivity contribution in [1.29, 1.82) is 0 Å².